The number of imidazole rings is 1. The Morgan fingerprint density at radius 3 is 2.59 bits per heavy atom. The van der Waals surface area contributed by atoms with Crippen molar-refractivity contribution < 1.29 is 24.9 Å². The fraction of sp³-hybridized carbons (Fsp3) is 0.357. The number of aromatic nitrogens is 5. The first-order valence-electron chi connectivity index (χ1n) is 7.67. The van der Waals surface area contributed by atoms with Crippen molar-refractivity contribution in [1.29, 1.82) is 0 Å². The molecule has 1 aliphatic rings. The minimum atomic E-state index is -1.19. The molecule has 4 atom stereocenters. The van der Waals surface area contributed by atoms with E-state index in [0.29, 0.717) is 16.9 Å². The van der Waals surface area contributed by atoms with Crippen LogP contribution in [0, 0.1) is 0 Å². The molecule has 7 N–H and O–H groups in total. The summed E-state index contributed by atoms with van der Waals surface area (Å²) in [6, 6.07) is 0. The Labute approximate surface area is 158 Å². The number of carbonyl (C=O) groups is 1. The molecule has 4 heterocycles. The number of rotatable bonds is 3. The van der Waals surface area contributed by atoms with Gasteiger partial charge in [0.2, 0.25) is 0 Å². The topological polar surface area (TPSA) is 196 Å². The summed E-state index contributed by atoms with van der Waals surface area (Å²) >= 11 is 0.268. The molecule has 13 heteroatoms. The van der Waals surface area contributed by atoms with Crippen LogP contribution in [-0.4, -0.2) is 85.2 Å². The van der Waals surface area contributed by atoms with Crippen LogP contribution in [0.25, 0.3) is 11.2 Å². The van der Waals surface area contributed by atoms with Gasteiger partial charge in [0.1, 0.15) is 30.2 Å². The first-order chi connectivity index (χ1) is 12.9. The summed E-state index contributed by atoms with van der Waals surface area (Å²) in [4.78, 5) is 27.6. The van der Waals surface area contributed by atoms with Gasteiger partial charge in [-0.05, 0) is 0 Å². The van der Waals surface area contributed by atoms with E-state index in [0.717, 1.165) is 0 Å². The standard InChI is InChI=1S/C10H13N5O4.C4H4N2OSe/c11-8-5-9(13-2-12-8)15(3-14-5)10-7(18)6(17)4(1-16)19-10;5-4(7)3-1-8-2-6-3/h2-4,6-7,10,16-18H,1H2,(H2,11,12,13);1-2H,(H2,5,7)/t4-,6-,7-,10-;/m1./s1. The number of aliphatic hydroxyl groups excluding tert-OH is 3. The predicted octanol–water partition coefficient (Wildman–Crippen LogP) is -2.74. The molecule has 1 saturated heterocycles. The Kier molecular flexibility index (Phi) is 5.79. The number of carbonyl (C=O) groups excluding carboxylic acids is 1. The Morgan fingerprint density at radius 2 is 2.04 bits per heavy atom. The van der Waals surface area contributed by atoms with Gasteiger partial charge in [-0.1, -0.05) is 0 Å². The van der Waals surface area contributed by atoms with E-state index >= 15 is 0 Å². The third kappa shape index (κ3) is 3.83. The van der Waals surface area contributed by atoms with Crippen LogP contribution >= 0.6 is 0 Å². The second-order valence-corrected chi connectivity index (χ2v) is 7.06. The van der Waals surface area contributed by atoms with E-state index in [-0.39, 0.29) is 20.3 Å². The van der Waals surface area contributed by atoms with Gasteiger partial charge in [0.15, 0.2) is 17.7 Å². The Bertz CT molecular complexity index is 918. The molecule has 144 valence electrons. The first-order valence-corrected chi connectivity index (χ1v) is 9.65. The van der Waals surface area contributed by atoms with Gasteiger partial charge in [-0.25, -0.2) is 15.0 Å². The third-order valence-electron chi connectivity index (χ3n) is 3.86. The zero-order chi connectivity index (χ0) is 19.6. The third-order valence-corrected chi connectivity index (χ3v) is 5.09. The average Bonchev–Trinajstić information content (AvgIpc) is 3.37. The maximum Gasteiger partial charge on any atom is 0.167 e. The van der Waals surface area contributed by atoms with Crippen LogP contribution < -0.4 is 11.5 Å². The molecule has 1 fully saturated rings. The molecular formula is C14H17N7O5Se. The molecular weight excluding hydrogens is 425 g/mol. The largest absolute Gasteiger partial charge is 0.394 e. The molecule has 0 unspecified atom stereocenters. The molecule has 0 aromatic carbocycles. The predicted molar refractivity (Wildman–Crippen MR) is 92.4 cm³/mol. The van der Waals surface area contributed by atoms with E-state index < -0.39 is 37.1 Å². The summed E-state index contributed by atoms with van der Waals surface area (Å²) in [6.07, 6.45) is -1.42. The minimum Gasteiger partial charge on any atom is -0.394 e. The monoisotopic (exact) mass is 443 g/mol. The van der Waals surface area contributed by atoms with Crippen molar-refractivity contribution in [1.82, 2.24) is 24.5 Å². The molecule has 12 nitrogen and oxygen atoms in total. The molecule has 3 aromatic rings. The molecule has 0 aliphatic carbocycles. The zero-order valence-electron chi connectivity index (χ0n) is 13.8. The molecule has 1 amide bonds. The van der Waals surface area contributed by atoms with Crippen molar-refractivity contribution >= 4 is 37.4 Å². The van der Waals surface area contributed by atoms with Crippen LogP contribution in [0.4, 0.5) is 5.82 Å². The Hall–Kier alpha value is -2.41. The van der Waals surface area contributed by atoms with E-state index in [2.05, 4.69) is 19.9 Å². The SMILES string of the molecule is NC(=O)c1c[se]cn1.Nc1ncnc2c1ncn2[C@@H]1O[C@H](CO)[C@@H](O)[C@H]1O. The van der Waals surface area contributed by atoms with Gasteiger partial charge >= 0.3 is 51.6 Å². The number of nitrogens with zero attached hydrogens (tertiary/aromatic N) is 5. The molecule has 4 rings (SSSR count). The van der Waals surface area contributed by atoms with Gasteiger partial charge in [-0.3, -0.25) is 4.57 Å². The fourth-order valence-corrected chi connectivity index (χ4v) is 3.64. The van der Waals surface area contributed by atoms with Crippen molar-refractivity contribution in [3.8, 4) is 0 Å². The number of fused-ring (bicyclic) bond motifs is 1. The minimum absolute atomic E-state index is 0.218. The van der Waals surface area contributed by atoms with Crippen LogP contribution in [0.5, 0.6) is 0 Å². The Morgan fingerprint density at radius 1 is 1.26 bits per heavy atom. The normalized spacial score (nSPS) is 24.6. The number of aliphatic hydroxyl groups is 3. The van der Waals surface area contributed by atoms with Crippen LogP contribution in [0.1, 0.15) is 16.7 Å². The number of hydrogen-bond acceptors (Lipinski definition) is 10. The molecule has 0 radical (unpaired) electrons. The van der Waals surface area contributed by atoms with Crippen LogP contribution in [-0.2, 0) is 4.74 Å². The second kappa shape index (κ2) is 8.08. The number of ether oxygens (including phenoxy) is 1. The van der Waals surface area contributed by atoms with E-state index in [1.54, 1.807) is 10.0 Å². The van der Waals surface area contributed by atoms with Crippen molar-refractivity contribution in [2.24, 2.45) is 5.73 Å². The van der Waals surface area contributed by atoms with Gasteiger partial charge in [0, 0.05) is 0 Å². The second-order valence-electron chi connectivity index (χ2n) is 5.55. The van der Waals surface area contributed by atoms with Gasteiger partial charge in [-0.2, -0.15) is 0 Å². The van der Waals surface area contributed by atoms with E-state index in [1.165, 1.54) is 17.2 Å². The molecule has 0 saturated carbocycles. The van der Waals surface area contributed by atoms with Crippen molar-refractivity contribution in [3.05, 3.63) is 28.4 Å². The molecule has 27 heavy (non-hydrogen) atoms. The van der Waals surface area contributed by atoms with Crippen molar-refractivity contribution in [2.45, 2.75) is 24.5 Å². The summed E-state index contributed by atoms with van der Waals surface area (Å²) in [5, 5.41) is 30.5. The number of amides is 1. The quantitative estimate of drug-likeness (QED) is 0.265. The van der Waals surface area contributed by atoms with Crippen LogP contribution in [0.3, 0.4) is 0 Å². The molecule has 1 aliphatic heterocycles. The maximum atomic E-state index is 10.3. The smallest absolute Gasteiger partial charge is 0.167 e. The van der Waals surface area contributed by atoms with Gasteiger partial charge < -0.3 is 25.8 Å². The van der Waals surface area contributed by atoms with Crippen molar-refractivity contribution in [2.75, 3.05) is 12.3 Å². The first kappa shape index (κ1) is 19.4. The number of anilines is 1. The van der Waals surface area contributed by atoms with E-state index in [4.69, 9.17) is 21.3 Å². The summed E-state index contributed by atoms with van der Waals surface area (Å²) < 4.78 is 6.85. The zero-order valence-corrected chi connectivity index (χ0v) is 15.5. The summed E-state index contributed by atoms with van der Waals surface area (Å²) in [7, 11) is 0. The summed E-state index contributed by atoms with van der Waals surface area (Å²) in [5.41, 5.74) is 11.7. The van der Waals surface area contributed by atoms with Crippen LogP contribution in [0.2, 0.25) is 0 Å². The molecule has 0 spiro atoms. The number of nitrogens with two attached hydrogens (primary N) is 2. The number of primary amides is 1. The average molecular weight is 442 g/mol. The van der Waals surface area contributed by atoms with Crippen LogP contribution in [0.15, 0.2) is 22.7 Å². The van der Waals surface area contributed by atoms with Gasteiger partial charge in [0.05, 0.1) is 12.9 Å². The molecule has 3 aromatic heterocycles. The summed E-state index contributed by atoms with van der Waals surface area (Å²) in [5.74, 6) is -0.212. The van der Waals surface area contributed by atoms with E-state index in [1.807, 2.05) is 0 Å². The van der Waals surface area contributed by atoms with Crippen molar-refractivity contribution in [3.63, 3.8) is 0 Å². The number of nitrogen functional groups attached to an aromatic ring is 1. The maximum absolute atomic E-state index is 10.3. The summed E-state index contributed by atoms with van der Waals surface area (Å²) in [6.45, 7) is -0.390. The van der Waals surface area contributed by atoms with Gasteiger partial charge in [0.25, 0.3) is 0 Å². The number of hydrogen-bond donors (Lipinski definition) is 5. The van der Waals surface area contributed by atoms with Gasteiger partial charge in [-0.15, -0.1) is 0 Å². The molecule has 0 bridgehead atoms. The Balaban J connectivity index is 0.000000221. The fourth-order valence-electron chi connectivity index (χ4n) is 2.50. The van der Waals surface area contributed by atoms with E-state index in [9.17, 15) is 15.0 Å².